The number of anilines is 1. The molecule has 3 aromatic rings. The zero-order chi connectivity index (χ0) is 26.1. The molecule has 10 heteroatoms. The van der Waals surface area contributed by atoms with Crippen molar-refractivity contribution in [1.29, 1.82) is 0 Å². The molecule has 0 radical (unpaired) electrons. The van der Waals surface area contributed by atoms with Gasteiger partial charge in [0.25, 0.3) is 5.91 Å². The van der Waals surface area contributed by atoms with Gasteiger partial charge in [-0.2, -0.15) is 0 Å². The molecule has 1 atom stereocenters. The van der Waals surface area contributed by atoms with Crippen molar-refractivity contribution in [3.05, 3.63) is 77.4 Å². The largest absolute Gasteiger partial charge is 0.412 e. The molecule has 10 nitrogen and oxygen atoms in total. The van der Waals surface area contributed by atoms with Gasteiger partial charge in [-0.3, -0.25) is 26.7 Å². The molecular formula is C27H39N7O3. The number of benzene rings is 3. The van der Waals surface area contributed by atoms with Crippen LogP contribution in [0, 0.1) is 0 Å². The van der Waals surface area contributed by atoms with Crippen molar-refractivity contribution < 1.29 is 15.1 Å². The summed E-state index contributed by atoms with van der Waals surface area (Å²) in [5.74, 6) is 12.9. The predicted molar refractivity (Wildman–Crippen MR) is 149 cm³/mol. The molecule has 2 amide bonds. The molecule has 1 heterocycles. The normalized spacial score (nSPS) is 14.1. The first-order chi connectivity index (χ1) is 17.5. The van der Waals surface area contributed by atoms with E-state index in [-0.39, 0.29) is 29.8 Å². The maximum Gasteiger partial charge on any atom is 0.252 e. The average molecular weight is 510 g/mol. The SMILES string of the molecule is C[C@@H](NC(=O)c1cc(N2CCN(C)CC2)ccc1CCC(=O)NN)c1cccc2ccccc12.NN.O. The summed E-state index contributed by atoms with van der Waals surface area (Å²) in [7, 11) is 2.12. The fourth-order valence-electron chi connectivity index (χ4n) is 4.56. The highest BCUT2D eigenvalue weighted by molar-refractivity contribution is 5.97. The van der Waals surface area contributed by atoms with E-state index in [1.807, 2.05) is 43.3 Å². The Morgan fingerprint density at radius 2 is 1.65 bits per heavy atom. The quantitative estimate of drug-likeness (QED) is 0.179. The zero-order valence-electron chi connectivity index (χ0n) is 21.5. The number of nitrogens with one attached hydrogen (secondary N) is 2. The van der Waals surface area contributed by atoms with Gasteiger partial charge in [-0.1, -0.05) is 48.5 Å². The summed E-state index contributed by atoms with van der Waals surface area (Å²) in [5, 5.41) is 5.47. The van der Waals surface area contributed by atoms with Gasteiger partial charge in [0.05, 0.1) is 6.04 Å². The number of nitrogens with zero attached hydrogens (tertiary/aromatic N) is 2. The lowest BCUT2D eigenvalue weighted by molar-refractivity contribution is -0.121. The van der Waals surface area contributed by atoms with E-state index in [2.05, 4.69) is 63.5 Å². The Morgan fingerprint density at radius 3 is 2.35 bits per heavy atom. The maximum atomic E-state index is 13.5. The molecule has 0 unspecified atom stereocenters. The smallest absolute Gasteiger partial charge is 0.252 e. The number of rotatable bonds is 7. The Balaban J connectivity index is 0.00000157. The first-order valence-corrected chi connectivity index (χ1v) is 12.1. The summed E-state index contributed by atoms with van der Waals surface area (Å²) in [6, 6.07) is 20.1. The summed E-state index contributed by atoms with van der Waals surface area (Å²) in [4.78, 5) is 29.9. The number of amides is 2. The van der Waals surface area contributed by atoms with E-state index in [1.54, 1.807) is 0 Å². The summed E-state index contributed by atoms with van der Waals surface area (Å²) in [6.07, 6.45) is 0.668. The van der Waals surface area contributed by atoms with E-state index >= 15 is 0 Å². The maximum absolute atomic E-state index is 13.5. The number of hydrogen-bond donors (Lipinski definition) is 5. The molecule has 0 aromatic heterocycles. The Labute approximate surface area is 218 Å². The van der Waals surface area contributed by atoms with Crippen LogP contribution in [0.3, 0.4) is 0 Å². The number of hydrogen-bond acceptors (Lipinski definition) is 7. The van der Waals surface area contributed by atoms with Crippen LogP contribution in [-0.2, 0) is 11.2 Å². The number of hydrazine groups is 2. The molecule has 0 bridgehead atoms. The van der Waals surface area contributed by atoms with Crippen LogP contribution >= 0.6 is 0 Å². The predicted octanol–water partition coefficient (Wildman–Crippen LogP) is 0.999. The van der Waals surface area contributed by atoms with E-state index in [1.165, 1.54) is 0 Å². The van der Waals surface area contributed by atoms with Crippen LogP contribution in [0.25, 0.3) is 10.8 Å². The lowest BCUT2D eigenvalue weighted by Crippen LogP contribution is -2.44. The topological polar surface area (TPSA) is 174 Å². The molecule has 0 spiro atoms. The van der Waals surface area contributed by atoms with Gasteiger partial charge in [0.1, 0.15) is 0 Å². The first kappa shape index (κ1) is 29.7. The second kappa shape index (κ2) is 14.3. The van der Waals surface area contributed by atoms with Crippen LogP contribution in [-0.4, -0.2) is 55.4 Å². The van der Waals surface area contributed by atoms with Crippen LogP contribution in [0.5, 0.6) is 0 Å². The highest BCUT2D eigenvalue weighted by Crippen LogP contribution is 2.26. The number of aryl methyl sites for hydroxylation is 1. The van der Waals surface area contributed by atoms with Crippen molar-refractivity contribution in [2.45, 2.75) is 25.8 Å². The first-order valence-electron chi connectivity index (χ1n) is 12.1. The van der Waals surface area contributed by atoms with Gasteiger partial charge in [-0.25, -0.2) is 5.84 Å². The van der Waals surface area contributed by atoms with Gasteiger partial charge < -0.3 is 20.6 Å². The number of carbonyl (C=O) groups excluding carboxylic acids is 2. The van der Waals surface area contributed by atoms with E-state index < -0.39 is 0 Å². The van der Waals surface area contributed by atoms with Gasteiger partial charge in [-0.15, -0.1) is 0 Å². The van der Waals surface area contributed by atoms with Crippen LogP contribution < -0.4 is 33.2 Å². The minimum Gasteiger partial charge on any atom is -0.412 e. The molecule has 0 saturated carbocycles. The molecule has 1 fully saturated rings. The van der Waals surface area contributed by atoms with E-state index in [9.17, 15) is 9.59 Å². The highest BCUT2D eigenvalue weighted by Gasteiger charge is 2.20. The molecule has 37 heavy (non-hydrogen) atoms. The standard InChI is InChI=1S/C27H33N5O2.H4N2.H2O/c1-19(23-9-5-7-20-6-3-4-8-24(20)23)29-27(34)25-18-22(32-16-14-31(2)15-17-32)12-10-21(25)11-13-26(33)30-28;1-2;/h3-10,12,18-19H,11,13-17,28H2,1-2H3,(H,29,34)(H,30,33);1-2H2;1H2/t19-;;/m1../s1. The third kappa shape index (κ3) is 7.48. The summed E-state index contributed by atoms with van der Waals surface area (Å²) in [5.41, 5.74) is 5.72. The zero-order valence-corrected chi connectivity index (χ0v) is 21.5. The van der Waals surface area contributed by atoms with E-state index in [4.69, 9.17) is 5.84 Å². The van der Waals surface area contributed by atoms with E-state index in [0.29, 0.717) is 12.0 Å². The van der Waals surface area contributed by atoms with Gasteiger partial charge in [0.2, 0.25) is 5.91 Å². The minimum absolute atomic E-state index is 0. The number of carbonyl (C=O) groups is 2. The molecule has 4 rings (SSSR count). The fraction of sp³-hybridized carbons (Fsp3) is 0.333. The van der Waals surface area contributed by atoms with E-state index in [0.717, 1.165) is 53.8 Å². The second-order valence-corrected chi connectivity index (χ2v) is 8.96. The Hall–Kier alpha value is -3.54. The highest BCUT2D eigenvalue weighted by atomic mass is 16.2. The summed E-state index contributed by atoms with van der Waals surface area (Å²) in [6.45, 7) is 5.81. The Bertz CT molecular complexity index is 1170. The van der Waals surface area contributed by atoms with Gasteiger partial charge in [-0.05, 0) is 54.4 Å². The molecule has 1 aliphatic rings. The lowest BCUT2D eigenvalue weighted by atomic mass is 9.97. The van der Waals surface area contributed by atoms with Crippen LogP contribution in [0.15, 0.2) is 60.7 Å². The Kier molecular flexibility index (Phi) is 11.4. The fourth-order valence-corrected chi connectivity index (χ4v) is 4.56. The third-order valence-corrected chi connectivity index (χ3v) is 6.63. The van der Waals surface area contributed by atoms with Crippen molar-refractivity contribution >= 4 is 28.3 Å². The number of nitrogens with two attached hydrogens (primary N) is 3. The van der Waals surface area contributed by atoms with Crippen LogP contribution in [0.2, 0.25) is 0 Å². The summed E-state index contributed by atoms with van der Waals surface area (Å²) >= 11 is 0. The number of likely N-dealkylation sites (N-methyl/N-ethyl adjacent to an activating group) is 1. The lowest BCUT2D eigenvalue weighted by Gasteiger charge is -2.34. The monoisotopic (exact) mass is 509 g/mol. The molecule has 3 aromatic carbocycles. The number of piperazine rings is 1. The molecule has 200 valence electrons. The van der Waals surface area contributed by atoms with Crippen LogP contribution in [0.1, 0.15) is 40.9 Å². The van der Waals surface area contributed by atoms with Crippen molar-refractivity contribution in [3.8, 4) is 0 Å². The molecule has 10 N–H and O–H groups in total. The van der Waals surface area contributed by atoms with Gasteiger partial charge in [0.15, 0.2) is 0 Å². The molecule has 0 aliphatic carbocycles. The summed E-state index contributed by atoms with van der Waals surface area (Å²) < 4.78 is 0. The average Bonchev–Trinajstić information content (AvgIpc) is 2.92. The van der Waals surface area contributed by atoms with Crippen molar-refractivity contribution in [3.63, 3.8) is 0 Å². The van der Waals surface area contributed by atoms with Crippen LogP contribution in [0.4, 0.5) is 5.69 Å². The van der Waals surface area contributed by atoms with Gasteiger partial charge >= 0.3 is 0 Å². The molecule has 1 saturated heterocycles. The Morgan fingerprint density at radius 1 is 0.973 bits per heavy atom. The third-order valence-electron chi connectivity index (χ3n) is 6.63. The van der Waals surface area contributed by atoms with Gasteiger partial charge in [0, 0.05) is 43.9 Å². The second-order valence-electron chi connectivity index (χ2n) is 8.96. The molecule has 1 aliphatic heterocycles. The molecular weight excluding hydrogens is 470 g/mol. The van der Waals surface area contributed by atoms with Crippen molar-refractivity contribution in [2.24, 2.45) is 17.5 Å². The minimum atomic E-state index is -0.251. The number of fused-ring (bicyclic) bond motifs is 1. The van der Waals surface area contributed by atoms with Crippen molar-refractivity contribution in [1.82, 2.24) is 15.6 Å². The van der Waals surface area contributed by atoms with Crippen molar-refractivity contribution in [2.75, 3.05) is 38.1 Å².